The average Bonchev–Trinajstić information content (AvgIpc) is 3.04. The zero-order valence-electron chi connectivity index (χ0n) is 13.8. The number of likely N-dealkylation sites (tertiary alicyclic amines) is 1. The number of carbonyl (C=O) groups excluding carboxylic acids is 2. The fourth-order valence-corrected chi connectivity index (χ4v) is 4.21. The summed E-state index contributed by atoms with van der Waals surface area (Å²) in [4.78, 5) is 29.1. The normalized spacial score (nSPS) is 20.7. The first-order valence-corrected chi connectivity index (χ1v) is 9.13. The minimum Gasteiger partial charge on any atom is -0.358 e. The zero-order chi connectivity index (χ0) is 16.9. The van der Waals surface area contributed by atoms with E-state index in [1.807, 2.05) is 6.07 Å². The number of likely N-dealkylation sites (N-methyl/N-ethyl adjacent to an activating group) is 1. The molecule has 128 valence electrons. The highest BCUT2D eigenvalue weighted by atomic mass is 32.1. The third kappa shape index (κ3) is 4.10. The molecule has 6 nitrogen and oxygen atoms in total. The lowest BCUT2D eigenvalue weighted by atomic mass is 9.97. The third-order valence-electron chi connectivity index (χ3n) is 4.49. The van der Waals surface area contributed by atoms with E-state index in [1.165, 1.54) is 14.6 Å². The van der Waals surface area contributed by atoms with Gasteiger partial charge in [-0.1, -0.05) is 12.1 Å². The number of quaternary nitrogens is 1. The van der Waals surface area contributed by atoms with Gasteiger partial charge in [0.25, 0.3) is 5.91 Å². The van der Waals surface area contributed by atoms with E-state index in [4.69, 9.17) is 4.98 Å². The number of hydrogen-bond acceptors (Lipinski definition) is 4. The van der Waals surface area contributed by atoms with Crippen LogP contribution in [0.15, 0.2) is 24.3 Å². The summed E-state index contributed by atoms with van der Waals surface area (Å²) in [6.45, 7) is 2.42. The molecule has 0 aliphatic carbocycles. The van der Waals surface area contributed by atoms with Crippen LogP contribution in [0.4, 0.5) is 0 Å². The summed E-state index contributed by atoms with van der Waals surface area (Å²) in [7, 11) is 1.56. The van der Waals surface area contributed by atoms with Crippen LogP contribution >= 0.6 is 11.3 Å². The van der Waals surface area contributed by atoms with Crippen LogP contribution in [-0.2, 0) is 9.59 Å². The summed E-state index contributed by atoms with van der Waals surface area (Å²) in [6.07, 6.45) is 2.11. The number of rotatable bonds is 5. The zero-order valence-corrected chi connectivity index (χ0v) is 14.6. The molecule has 2 aromatic rings. The molecule has 2 heterocycles. The molecule has 1 saturated heterocycles. The van der Waals surface area contributed by atoms with E-state index < -0.39 is 0 Å². The second-order valence-corrected chi connectivity index (χ2v) is 7.23. The fourth-order valence-electron chi connectivity index (χ4n) is 3.07. The standard InChI is InChI=1S/C17H22N4O2S/c1-18-15(22)10-19-16(23)11-21-8-6-12(7-9-21)17-20-13-4-2-3-5-14(13)24-17/h2-5,12H,6-11H2,1H3,(H,18,22)(H,19,23)/p+1. The number of nitrogens with zero attached hydrogens (tertiary/aromatic N) is 1. The maximum Gasteiger partial charge on any atom is 0.275 e. The van der Waals surface area contributed by atoms with Crippen molar-refractivity contribution in [2.24, 2.45) is 0 Å². The molecule has 0 spiro atoms. The lowest BCUT2D eigenvalue weighted by Crippen LogP contribution is -3.14. The maximum absolute atomic E-state index is 11.9. The second-order valence-electron chi connectivity index (χ2n) is 6.17. The number of thiazole rings is 1. The SMILES string of the molecule is CNC(=O)CNC(=O)C[NH+]1CCC(c2nc3ccccc3s2)CC1. The molecule has 0 atom stereocenters. The van der Waals surface area contributed by atoms with Gasteiger partial charge in [0.1, 0.15) is 0 Å². The van der Waals surface area contributed by atoms with Crippen molar-refractivity contribution in [2.75, 3.05) is 33.2 Å². The van der Waals surface area contributed by atoms with Gasteiger partial charge in [0.15, 0.2) is 6.54 Å². The number of fused-ring (bicyclic) bond motifs is 1. The lowest BCUT2D eigenvalue weighted by Gasteiger charge is -2.27. The minimum atomic E-state index is -0.173. The van der Waals surface area contributed by atoms with Crippen LogP contribution in [0, 0.1) is 0 Å². The third-order valence-corrected chi connectivity index (χ3v) is 5.69. The molecule has 24 heavy (non-hydrogen) atoms. The first-order valence-electron chi connectivity index (χ1n) is 8.32. The molecule has 0 bridgehead atoms. The Morgan fingerprint density at radius 2 is 2.00 bits per heavy atom. The Kier molecular flexibility index (Phi) is 5.42. The quantitative estimate of drug-likeness (QED) is 0.708. The van der Waals surface area contributed by atoms with Gasteiger partial charge in [-0.15, -0.1) is 11.3 Å². The van der Waals surface area contributed by atoms with Crippen molar-refractivity contribution in [3.05, 3.63) is 29.3 Å². The van der Waals surface area contributed by atoms with Crippen molar-refractivity contribution >= 4 is 33.4 Å². The number of carbonyl (C=O) groups is 2. The Morgan fingerprint density at radius 1 is 1.25 bits per heavy atom. The van der Waals surface area contributed by atoms with Crippen molar-refractivity contribution in [3.8, 4) is 0 Å². The average molecular weight is 347 g/mol. The summed E-state index contributed by atoms with van der Waals surface area (Å²) in [5.41, 5.74) is 1.08. The van der Waals surface area contributed by atoms with Crippen molar-refractivity contribution in [1.82, 2.24) is 15.6 Å². The van der Waals surface area contributed by atoms with Gasteiger partial charge in [-0.2, -0.15) is 0 Å². The van der Waals surface area contributed by atoms with Gasteiger partial charge in [0, 0.05) is 25.8 Å². The lowest BCUT2D eigenvalue weighted by molar-refractivity contribution is -0.897. The molecule has 7 heteroatoms. The molecule has 1 aromatic carbocycles. The Labute approximate surface area is 145 Å². The molecule has 1 aliphatic heterocycles. The van der Waals surface area contributed by atoms with Crippen LogP contribution in [0.25, 0.3) is 10.2 Å². The summed E-state index contributed by atoms with van der Waals surface area (Å²) in [5, 5.41) is 6.37. The molecule has 3 rings (SSSR count). The van der Waals surface area contributed by atoms with Crippen molar-refractivity contribution in [1.29, 1.82) is 0 Å². The molecule has 1 aliphatic rings. The Balaban J connectivity index is 1.48. The number of amides is 2. The molecule has 0 saturated carbocycles. The number of aromatic nitrogens is 1. The Hall–Kier alpha value is -1.99. The van der Waals surface area contributed by atoms with Gasteiger partial charge >= 0.3 is 0 Å². The van der Waals surface area contributed by atoms with Gasteiger partial charge in [-0.25, -0.2) is 4.98 Å². The summed E-state index contributed by atoms with van der Waals surface area (Å²) in [5.74, 6) is 0.264. The predicted molar refractivity (Wildman–Crippen MR) is 94.2 cm³/mol. The highest BCUT2D eigenvalue weighted by Crippen LogP contribution is 2.31. The van der Waals surface area contributed by atoms with Crippen LogP contribution in [0.1, 0.15) is 23.8 Å². The topological polar surface area (TPSA) is 75.5 Å². The van der Waals surface area contributed by atoms with Crippen LogP contribution in [0.2, 0.25) is 0 Å². The van der Waals surface area contributed by atoms with E-state index in [1.54, 1.807) is 18.4 Å². The molecule has 0 unspecified atom stereocenters. The summed E-state index contributed by atoms with van der Waals surface area (Å²) < 4.78 is 1.25. The van der Waals surface area contributed by atoms with Crippen molar-refractivity contribution in [3.63, 3.8) is 0 Å². The Morgan fingerprint density at radius 3 is 2.71 bits per heavy atom. The van der Waals surface area contributed by atoms with E-state index in [0.717, 1.165) is 31.4 Å². The molecule has 2 amide bonds. The number of para-hydroxylation sites is 1. The van der Waals surface area contributed by atoms with Gasteiger partial charge in [0.05, 0.1) is 34.9 Å². The fraction of sp³-hybridized carbons (Fsp3) is 0.471. The summed E-state index contributed by atoms with van der Waals surface area (Å²) >= 11 is 1.79. The Bertz CT molecular complexity index is 689. The highest BCUT2D eigenvalue weighted by molar-refractivity contribution is 7.18. The number of nitrogens with one attached hydrogen (secondary N) is 3. The van der Waals surface area contributed by atoms with Crippen molar-refractivity contribution < 1.29 is 14.5 Å². The van der Waals surface area contributed by atoms with Gasteiger partial charge in [-0.05, 0) is 12.1 Å². The van der Waals surface area contributed by atoms with Crippen LogP contribution in [0.5, 0.6) is 0 Å². The van der Waals surface area contributed by atoms with Crippen LogP contribution in [-0.4, -0.2) is 50.0 Å². The van der Waals surface area contributed by atoms with Crippen molar-refractivity contribution in [2.45, 2.75) is 18.8 Å². The molecule has 1 aromatic heterocycles. The highest BCUT2D eigenvalue weighted by Gasteiger charge is 2.27. The van der Waals surface area contributed by atoms with Crippen LogP contribution < -0.4 is 15.5 Å². The number of benzene rings is 1. The van der Waals surface area contributed by atoms with Crippen LogP contribution in [0.3, 0.4) is 0 Å². The largest absolute Gasteiger partial charge is 0.358 e. The van der Waals surface area contributed by atoms with Gasteiger partial charge in [-0.3, -0.25) is 9.59 Å². The molecular formula is C17H23N4O2S+. The second kappa shape index (κ2) is 7.72. The van der Waals surface area contributed by atoms with Gasteiger partial charge in [0.2, 0.25) is 5.91 Å². The number of hydrogen-bond donors (Lipinski definition) is 3. The molecule has 1 fully saturated rings. The number of piperidine rings is 1. The molecule has 0 radical (unpaired) electrons. The van der Waals surface area contributed by atoms with Gasteiger partial charge < -0.3 is 15.5 Å². The maximum atomic E-state index is 11.9. The molecular weight excluding hydrogens is 324 g/mol. The van der Waals surface area contributed by atoms with E-state index in [9.17, 15) is 9.59 Å². The first-order chi connectivity index (χ1) is 11.7. The van der Waals surface area contributed by atoms with E-state index >= 15 is 0 Å². The molecule has 3 N–H and O–H groups in total. The monoisotopic (exact) mass is 347 g/mol. The predicted octanol–water partition coefficient (Wildman–Crippen LogP) is -0.0792. The van der Waals surface area contributed by atoms with E-state index in [0.29, 0.717) is 12.5 Å². The van der Waals surface area contributed by atoms with E-state index in [-0.39, 0.29) is 18.4 Å². The van der Waals surface area contributed by atoms with E-state index in [2.05, 4.69) is 28.8 Å². The first kappa shape index (κ1) is 16.9. The summed E-state index contributed by atoms with van der Waals surface area (Å²) in [6, 6.07) is 8.25. The smallest absolute Gasteiger partial charge is 0.275 e. The minimum absolute atomic E-state index is 0.0525.